The zero-order valence-electron chi connectivity index (χ0n) is 9.25. The molecule has 0 aliphatic carbocycles. The van der Waals surface area contributed by atoms with Crippen molar-refractivity contribution in [3.05, 3.63) is 29.6 Å². The highest BCUT2D eigenvalue weighted by molar-refractivity contribution is 6.07. The second kappa shape index (κ2) is 5.39. The van der Waals surface area contributed by atoms with Gasteiger partial charge >= 0.3 is 0 Å². The Morgan fingerprint density at radius 2 is 1.89 bits per heavy atom. The quantitative estimate of drug-likeness (QED) is 0.253. The first kappa shape index (κ1) is 13.8. The van der Waals surface area contributed by atoms with E-state index in [-0.39, 0.29) is 0 Å². The van der Waals surface area contributed by atoms with Crippen molar-refractivity contribution in [2.75, 3.05) is 5.32 Å². The van der Waals surface area contributed by atoms with Crippen LogP contribution in [0.5, 0.6) is 0 Å². The van der Waals surface area contributed by atoms with Crippen molar-refractivity contribution in [3.63, 3.8) is 0 Å². The number of nitrogens with two attached hydrogens (primary N) is 1. The second-order valence-electron chi connectivity index (χ2n) is 3.48. The van der Waals surface area contributed by atoms with Crippen LogP contribution in [-0.4, -0.2) is 17.0 Å². The van der Waals surface area contributed by atoms with Crippen LogP contribution < -0.4 is 11.1 Å². The number of amides is 1. The molecule has 1 unspecified atom stereocenters. The van der Waals surface area contributed by atoms with Gasteiger partial charge in [-0.15, -0.1) is 0 Å². The Hall–Kier alpha value is -2.25. The third kappa shape index (κ3) is 2.90. The van der Waals surface area contributed by atoms with Gasteiger partial charge in [-0.1, -0.05) is 5.16 Å². The third-order valence-electron chi connectivity index (χ3n) is 2.22. The third-order valence-corrected chi connectivity index (χ3v) is 2.22. The van der Waals surface area contributed by atoms with E-state index in [2.05, 4.69) is 5.16 Å². The van der Waals surface area contributed by atoms with Crippen molar-refractivity contribution in [2.24, 2.45) is 16.8 Å². The van der Waals surface area contributed by atoms with E-state index in [0.29, 0.717) is 12.1 Å². The average molecular weight is 261 g/mol. The molecule has 1 atom stereocenters. The van der Waals surface area contributed by atoms with Gasteiger partial charge < -0.3 is 16.3 Å². The van der Waals surface area contributed by atoms with Crippen LogP contribution in [0.3, 0.4) is 0 Å². The molecule has 8 heteroatoms. The van der Waals surface area contributed by atoms with Crippen LogP contribution in [0.4, 0.5) is 18.9 Å². The molecule has 0 heterocycles. The van der Waals surface area contributed by atoms with Gasteiger partial charge in [0.05, 0.1) is 11.6 Å². The van der Waals surface area contributed by atoms with Crippen LogP contribution >= 0.6 is 0 Å². The monoisotopic (exact) mass is 261 g/mol. The molecule has 1 aromatic rings. The van der Waals surface area contributed by atoms with E-state index in [1.165, 1.54) is 6.92 Å². The number of anilines is 1. The number of oxime groups is 1. The summed E-state index contributed by atoms with van der Waals surface area (Å²) in [6, 6.07) is 0.806. The second-order valence-corrected chi connectivity index (χ2v) is 3.48. The molecule has 0 aromatic heterocycles. The van der Waals surface area contributed by atoms with Crippen LogP contribution in [0.25, 0.3) is 0 Å². The molecule has 18 heavy (non-hydrogen) atoms. The number of halogens is 3. The summed E-state index contributed by atoms with van der Waals surface area (Å²) in [5.41, 5.74) is 4.64. The summed E-state index contributed by atoms with van der Waals surface area (Å²) in [6.07, 6.45) is 0. The van der Waals surface area contributed by atoms with Crippen molar-refractivity contribution >= 4 is 17.4 Å². The number of carbonyl (C=O) groups excluding carboxylic acids is 1. The molecular weight excluding hydrogens is 251 g/mol. The minimum atomic E-state index is -1.37. The fraction of sp³-hybridized carbons (Fsp3) is 0.200. The molecule has 1 amide bonds. The van der Waals surface area contributed by atoms with Gasteiger partial charge in [0.15, 0.2) is 17.5 Å². The van der Waals surface area contributed by atoms with Crippen LogP contribution in [0.15, 0.2) is 17.3 Å². The minimum absolute atomic E-state index is 0.305. The molecule has 98 valence electrons. The van der Waals surface area contributed by atoms with Gasteiger partial charge in [0.25, 0.3) is 0 Å². The van der Waals surface area contributed by atoms with Crippen LogP contribution in [0.2, 0.25) is 0 Å². The highest BCUT2D eigenvalue weighted by Crippen LogP contribution is 2.19. The maximum Gasteiger partial charge on any atom is 0.235 e. The van der Waals surface area contributed by atoms with Crippen LogP contribution in [0, 0.1) is 23.4 Å². The smallest absolute Gasteiger partial charge is 0.235 e. The molecule has 0 bridgehead atoms. The molecule has 4 N–H and O–H groups in total. The van der Waals surface area contributed by atoms with Gasteiger partial charge in [-0.2, -0.15) is 0 Å². The summed E-state index contributed by atoms with van der Waals surface area (Å²) in [4.78, 5) is 11.5. The first-order valence-electron chi connectivity index (χ1n) is 4.79. The first-order valence-corrected chi connectivity index (χ1v) is 4.79. The Morgan fingerprint density at radius 1 is 1.33 bits per heavy atom. The molecule has 0 radical (unpaired) electrons. The lowest BCUT2D eigenvalue weighted by Gasteiger charge is -2.11. The fourth-order valence-corrected chi connectivity index (χ4v) is 1.08. The lowest BCUT2D eigenvalue weighted by molar-refractivity contribution is -0.117. The number of benzene rings is 1. The van der Waals surface area contributed by atoms with Crippen molar-refractivity contribution in [3.8, 4) is 0 Å². The Kier molecular flexibility index (Phi) is 4.13. The zero-order valence-corrected chi connectivity index (χ0v) is 9.25. The first-order chi connectivity index (χ1) is 8.36. The van der Waals surface area contributed by atoms with E-state index in [1.54, 1.807) is 0 Å². The summed E-state index contributed by atoms with van der Waals surface area (Å²) in [6.45, 7) is 1.29. The van der Waals surface area contributed by atoms with Crippen molar-refractivity contribution in [1.82, 2.24) is 0 Å². The van der Waals surface area contributed by atoms with Gasteiger partial charge in [0.2, 0.25) is 5.91 Å². The number of rotatable bonds is 3. The Bertz CT molecular complexity index is 505. The molecule has 1 aromatic carbocycles. The molecule has 5 nitrogen and oxygen atoms in total. The number of hydrogen-bond donors (Lipinski definition) is 3. The normalized spacial score (nSPS) is 13.2. The Balaban J connectivity index is 2.92. The van der Waals surface area contributed by atoms with Gasteiger partial charge in [0, 0.05) is 12.1 Å². The number of carbonyl (C=O) groups is 1. The highest BCUT2D eigenvalue weighted by Gasteiger charge is 2.20. The van der Waals surface area contributed by atoms with E-state index >= 15 is 0 Å². The lowest BCUT2D eigenvalue weighted by Crippen LogP contribution is -2.32. The van der Waals surface area contributed by atoms with Gasteiger partial charge in [-0.25, -0.2) is 13.2 Å². The lowest BCUT2D eigenvalue weighted by atomic mass is 10.1. The van der Waals surface area contributed by atoms with E-state index in [0.717, 1.165) is 0 Å². The maximum absolute atomic E-state index is 13.2. The van der Waals surface area contributed by atoms with E-state index in [9.17, 15) is 18.0 Å². The molecule has 0 spiro atoms. The SMILES string of the molecule is CC(C(=O)Nc1cc(F)c(F)cc1F)C(N)=NO. The summed E-state index contributed by atoms with van der Waals surface area (Å²) in [5, 5.41) is 13.0. The number of hydrogen-bond acceptors (Lipinski definition) is 3. The van der Waals surface area contributed by atoms with Crippen molar-refractivity contribution in [2.45, 2.75) is 6.92 Å². The predicted octanol–water partition coefficient (Wildman–Crippen LogP) is 1.42. The maximum atomic E-state index is 13.2. The fourth-order valence-electron chi connectivity index (χ4n) is 1.08. The molecule has 0 saturated carbocycles. The largest absolute Gasteiger partial charge is 0.409 e. The zero-order chi connectivity index (χ0) is 13.9. The van der Waals surface area contributed by atoms with E-state index < -0.39 is 40.8 Å². The summed E-state index contributed by atoms with van der Waals surface area (Å²) < 4.78 is 38.7. The summed E-state index contributed by atoms with van der Waals surface area (Å²) in [7, 11) is 0. The summed E-state index contributed by atoms with van der Waals surface area (Å²) in [5.74, 6) is -6.07. The van der Waals surface area contributed by atoms with Gasteiger partial charge in [0.1, 0.15) is 5.82 Å². The Morgan fingerprint density at radius 3 is 2.44 bits per heavy atom. The van der Waals surface area contributed by atoms with Crippen molar-refractivity contribution < 1.29 is 23.2 Å². The van der Waals surface area contributed by atoms with Crippen LogP contribution in [0.1, 0.15) is 6.92 Å². The molecule has 0 saturated heterocycles. The number of amidine groups is 1. The minimum Gasteiger partial charge on any atom is -0.409 e. The average Bonchev–Trinajstić information content (AvgIpc) is 2.33. The van der Waals surface area contributed by atoms with Gasteiger partial charge in [-0.3, -0.25) is 4.79 Å². The van der Waals surface area contributed by atoms with E-state index in [4.69, 9.17) is 10.9 Å². The predicted molar refractivity (Wildman–Crippen MR) is 57.5 cm³/mol. The number of nitrogens with one attached hydrogen (secondary N) is 1. The summed E-state index contributed by atoms with van der Waals surface area (Å²) >= 11 is 0. The Labute approximate surface area is 100 Å². The molecule has 0 aliphatic heterocycles. The van der Waals surface area contributed by atoms with Gasteiger partial charge in [-0.05, 0) is 6.92 Å². The van der Waals surface area contributed by atoms with Crippen LogP contribution in [-0.2, 0) is 4.79 Å². The standard InChI is InChI=1S/C10H10F3N3O2/c1-4(9(14)16-18)10(17)15-8-3-6(12)5(11)2-7(8)13/h2-4,18H,1H3,(H2,14,16)(H,15,17). The van der Waals surface area contributed by atoms with E-state index in [1.807, 2.05) is 5.32 Å². The van der Waals surface area contributed by atoms with Crippen molar-refractivity contribution in [1.29, 1.82) is 0 Å². The molecule has 1 rings (SSSR count). The number of nitrogens with zero attached hydrogens (tertiary/aromatic N) is 1. The molecule has 0 fully saturated rings. The highest BCUT2D eigenvalue weighted by atomic mass is 19.2. The molecular formula is C10H10F3N3O2. The molecule has 0 aliphatic rings. The topological polar surface area (TPSA) is 87.7 Å².